The summed E-state index contributed by atoms with van der Waals surface area (Å²) < 4.78 is 16.5. The lowest BCUT2D eigenvalue weighted by atomic mass is 9.88. The third-order valence-corrected chi connectivity index (χ3v) is 9.72. The summed E-state index contributed by atoms with van der Waals surface area (Å²) >= 11 is 25.7. The molecule has 5 rings (SSSR count). The maximum Gasteiger partial charge on any atom is 0.272 e. The van der Waals surface area contributed by atoms with Gasteiger partial charge in [0, 0.05) is 55.0 Å². The number of anilines is 2. The van der Waals surface area contributed by atoms with Crippen molar-refractivity contribution in [2.45, 2.75) is 26.8 Å². The van der Waals surface area contributed by atoms with Gasteiger partial charge in [0.05, 0.1) is 43.2 Å². The van der Waals surface area contributed by atoms with Crippen molar-refractivity contribution < 1.29 is 9.18 Å². The number of allylic oxidation sites excluding steroid dienone is 1. The number of hydrogen-bond acceptors (Lipinski definition) is 7. The number of nitrogen functional groups attached to an aromatic ring is 1. The first kappa shape index (κ1) is 32.8. The molecule has 2 N–H and O–H groups in total. The van der Waals surface area contributed by atoms with Gasteiger partial charge in [-0.15, -0.1) is 0 Å². The second-order valence-electron chi connectivity index (χ2n) is 11.1. The molecule has 0 radical (unpaired) electrons. The van der Waals surface area contributed by atoms with Crippen molar-refractivity contribution in [3.63, 3.8) is 0 Å². The fourth-order valence-electron chi connectivity index (χ4n) is 5.89. The van der Waals surface area contributed by atoms with Crippen LogP contribution in [0.2, 0.25) is 20.1 Å². The highest BCUT2D eigenvalue weighted by Crippen LogP contribution is 2.47. The Hall–Kier alpha value is -3.62. The molecule has 45 heavy (non-hydrogen) atoms. The lowest BCUT2D eigenvalue weighted by Gasteiger charge is -2.37. The second kappa shape index (κ2) is 12.6. The summed E-state index contributed by atoms with van der Waals surface area (Å²) in [5.41, 5.74) is 6.08. The largest absolute Gasteiger partial charge is 0.396 e. The normalized spacial score (nSPS) is 18.4. The number of nitrogens with zero attached hydrogens (tertiary/aromatic N) is 6. The highest BCUT2D eigenvalue weighted by atomic mass is 35.5. The van der Waals surface area contributed by atoms with Gasteiger partial charge in [0.2, 0.25) is 5.91 Å². The SMILES string of the molecule is C=CC(=O)N1CCN(c2c(C#N)c(=O)n(C3C(C(C)C)=NC=C[C@H]3C)c3nc(-c4c(N)c(F)c(Cl)c(Cl)c4Cl)c(Cl)cc23)CC1. The number of benzene rings is 1. The van der Waals surface area contributed by atoms with E-state index in [1.54, 1.807) is 17.2 Å². The molecule has 0 saturated carbocycles. The van der Waals surface area contributed by atoms with Gasteiger partial charge < -0.3 is 15.5 Å². The van der Waals surface area contributed by atoms with Crippen LogP contribution in [0.3, 0.4) is 0 Å². The van der Waals surface area contributed by atoms with E-state index in [9.17, 15) is 14.9 Å². The van der Waals surface area contributed by atoms with Gasteiger partial charge in [-0.1, -0.05) is 79.8 Å². The van der Waals surface area contributed by atoms with Crippen molar-refractivity contribution in [2.75, 3.05) is 36.8 Å². The number of amides is 1. The van der Waals surface area contributed by atoms with Crippen LogP contribution in [-0.4, -0.2) is 52.2 Å². The molecule has 9 nitrogen and oxygen atoms in total. The van der Waals surface area contributed by atoms with Crippen LogP contribution in [0, 0.1) is 29.0 Å². The summed E-state index contributed by atoms with van der Waals surface area (Å²) in [6.07, 6.45) is 4.81. The molecule has 2 atom stereocenters. The van der Waals surface area contributed by atoms with Gasteiger partial charge in [0.25, 0.3) is 5.56 Å². The van der Waals surface area contributed by atoms with E-state index in [1.165, 1.54) is 10.6 Å². The van der Waals surface area contributed by atoms with Gasteiger partial charge in [-0.2, -0.15) is 5.26 Å². The molecule has 234 valence electrons. The Morgan fingerprint density at radius 1 is 1.18 bits per heavy atom. The summed E-state index contributed by atoms with van der Waals surface area (Å²) in [6, 6.07) is 3.06. The summed E-state index contributed by atoms with van der Waals surface area (Å²) in [4.78, 5) is 39.6. The topological polar surface area (TPSA) is 121 Å². The molecule has 2 aromatic heterocycles. The fraction of sp³-hybridized carbons (Fsp3) is 0.323. The van der Waals surface area contributed by atoms with Gasteiger partial charge in [-0.3, -0.25) is 19.1 Å². The number of nitrogens with two attached hydrogens (primary N) is 1. The van der Waals surface area contributed by atoms with Crippen LogP contribution in [0.4, 0.5) is 15.8 Å². The maximum atomic E-state index is 15.1. The molecule has 1 fully saturated rings. The average molecular weight is 691 g/mol. The predicted molar refractivity (Wildman–Crippen MR) is 179 cm³/mol. The molecule has 0 spiro atoms. The minimum atomic E-state index is -0.996. The molecule has 1 saturated heterocycles. The second-order valence-corrected chi connectivity index (χ2v) is 12.7. The Morgan fingerprint density at radius 2 is 1.84 bits per heavy atom. The van der Waals surface area contributed by atoms with Crippen LogP contribution in [0.1, 0.15) is 32.4 Å². The van der Waals surface area contributed by atoms with Gasteiger partial charge in [-0.05, 0) is 18.1 Å². The molecule has 4 heterocycles. The molecule has 2 aliphatic heterocycles. The number of piperazine rings is 1. The van der Waals surface area contributed by atoms with Crippen molar-refractivity contribution in [1.82, 2.24) is 14.5 Å². The number of pyridine rings is 2. The van der Waals surface area contributed by atoms with Crippen molar-refractivity contribution >= 4 is 80.4 Å². The van der Waals surface area contributed by atoms with E-state index in [1.807, 2.05) is 31.7 Å². The van der Waals surface area contributed by atoms with Gasteiger partial charge in [-0.25, -0.2) is 9.37 Å². The first-order chi connectivity index (χ1) is 21.3. The molecule has 3 aromatic rings. The van der Waals surface area contributed by atoms with Crippen molar-refractivity contribution in [2.24, 2.45) is 16.8 Å². The first-order valence-electron chi connectivity index (χ1n) is 14.0. The minimum absolute atomic E-state index is 0.0130. The number of fused-ring (bicyclic) bond motifs is 1. The quantitative estimate of drug-likeness (QED) is 0.135. The number of nitriles is 1. The van der Waals surface area contributed by atoms with Crippen molar-refractivity contribution in [3.8, 4) is 17.3 Å². The molecule has 0 bridgehead atoms. The molecule has 14 heteroatoms. The Kier molecular flexibility index (Phi) is 9.20. The van der Waals surface area contributed by atoms with Crippen molar-refractivity contribution in [1.29, 1.82) is 5.26 Å². The van der Waals surface area contributed by atoms with Crippen LogP contribution in [0.5, 0.6) is 0 Å². The highest BCUT2D eigenvalue weighted by molar-refractivity contribution is 6.50. The monoisotopic (exact) mass is 689 g/mol. The zero-order valence-electron chi connectivity index (χ0n) is 24.5. The van der Waals surface area contributed by atoms with Gasteiger partial charge in [0.15, 0.2) is 5.82 Å². The van der Waals surface area contributed by atoms with Crippen LogP contribution in [0.25, 0.3) is 22.3 Å². The lowest BCUT2D eigenvalue weighted by molar-refractivity contribution is -0.126. The Bertz CT molecular complexity index is 1900. The van der Waals surface area contributed by atoms with E-state index in [4.69, 9.17) is 57.1 Å². The van der Waals surface area contributed by atoms with Gasteiger partial charge >= 0.3 is 0 Å². The Balaban J connectivity index is 1.88. The predicted octanol–water partition coefficient (Wildman–Crippen LogP) is 6.91. The molecule has 1 aromatic carbocycles. The molecular weight excluding hydrogens is 663 g/mol. The third-order valence-electron chi connectivity index (χ3n) is 8.13. The zero-order chi connectivity index (χ0) is 32.9. The molecule has 1 amide bonds. The fourth-order valence-corrected chi connectivity index (χ4v) is 6.84. The van der Waals surface area contributed by atoms with Crippen molar-refractivity contribution in [3.05, 3.63) is 72.8 Å². The highest BCUT2D eigenvalue weighted by Gasteiger charge is 2.35. The van der Waals surface area contributed by atoms with E-state index in [-0.39, 0.29) is 55.3 Å². The van der Waals surface area contributed by atoms with Gasteiger partial charge in [0.1, 0.15) is 17.3 Å². The molecule has 1 unspecified atom stereocenters. The van der Waals surface area contributed by atoms with E-state index < -0.39 is 28.1 Å². The standard InChI is InChI=1S/C31H28Cl4FN7O2/c1-5-19(44)41-8-10-42(11-9-41)29-16-12-18(32)27(20-21(33)22(34)23(35)24(36)25(20)38)40-30(16)43(31(45)17(29)13-37)28-15(4)6-7-39-26(28)14(2)3/h5-7,12,14-15,28H,1,8-11,38H2,2-4H3/t15-,28?/m1/s1. The maximum absolute atomic E-state index is 15.1. The number of aliphatic imine (C=N–C) groups is 1. The van der Waals surface area contributed by atoms with Crippen LogP contribution >= 0.6 is 46.4 Å². The number of rotatable bonds is 5. The molecule has 2 aliphatic rings. The smallest absolute Gasteiger partial charge is 0.272 e. The number of carbonyl (C=O) groups is 1. The van der Waals surface area contributed by atoms with E-state index in [0.717, 1.165) is 0 Å². The zero-order valence-corrected chi connectivity index (χ0v) is 27.6. The number of halogens is 5. The lowest BCUT2D eigenvalue weighted by Crippen LogP contribution is -2.49. The average Bonchev–Trinajstić information content (AvgIpc) is 3.02. The third kappa shape index (κ3) is 5.46. The minimum Gasteiger partial charge on any atom is -0.396 e. The van der Waals surface area contributed by atoms with Crippen LogP contribution < -0.4 is 16.2 Å². The van der Waals surface area contributed by atoms with Crippen LogP contribution in [-0.2, 0) is 4.79 Å². The van der Waals surface area contributed by atoms with E-state index in [2.05, 4.69) is 17.6 Å². The summed E-state index contributed by atoms with van der Waals surface area (Å²) in [7, 11) is 0. The Labute approximate surface area is 278 Å². The summed E-state index contributed by atoms with van der Waals surface area (Å²) in [6.45, 7) is 10.7. The van der Waals surface area contributed by atoms with E-state index in [0.29, 0.717) is 43.0 Å². The number of aromatic nitrogens is 2. The first-order valence-corrected chi connectivity index (χ1v) is 15.6. The number of hydrogen-bond donors (Lipinski definition) is 1. The number of carbonyl (C=O) groups excluding carboxylic acids is 1. The molecule has 0 aliphatic carbocycles. The van der Waals surface area contributed by atoms with E-state index >= 15 is 4.39 Å². The Morgan fingerprint density at radius 3 is 2.44 bits per heavy atom. The summed E-state index contributed by atoms with van der Waals surface area (Å²) in [5.74, 6) is -1.49. The van der Waals surface area contributed by atoms with Crippen LogP contribution in [0.15, 0.2) is 40.8 Å². The molecular formula is C31H28Cl4FN7O2. The summed E-state index contributed by atoms with van der Waals surface area (Å²) in [5, 5.41) is 9.94.